The Balaban J connectivity index is 2.26. The molecule has 1 N–H and O–H groups in total. The molecular weight excluding hydrogens is 316 g/mol. The van der Waals surface area contributed by atoms with E-state index in [-0.39, 0.29) is 22.3 Å². The largest absolute Gasteiger partial charge is 0.345 e. The maximum Gasteiger partial charge on any atom is 0.270 e. The zero-order valence-corrected chi connectivity index (χ0v) is 13.8. The summed E-state index contributed by atoms with van der Waals surface area (Å²) in [5.74, 6) is -0.438. The Morgan fingerprint density at radius 3 is 2.57 bits per heavy atom. The van der Waals surface area contributed by atoms with E-state index in [1.54, 1.807) is 0 Å². The van der Waals surface area contributed by atoms with E-state index in [1.807, 2.05) is 39.0 Å². The van der Waals surface area contributed by atoms with Crippen molar-refractivity contribution in [2.75, 3.05) is 0 Å². The number of carbonyl (C=O) groups excluding carboxylic acids is 1. The molecule has 1 unspecified atom stereocenters. The Labute approximate surface area is 139 Å². The van der Waals surface area contributed by atoms with E-state index >= 15 is 0 Å². The molecule has 1 atom stereocenters. The first-order chi connectivity index (χ1) is 10.8. The third-order valence-corrected chi connectivity index (χ3v) is 3.98. The number of rotatable bonds is 4. The van der Waals surface area contributed by atoms with Crippen LogP contribution in [0.3, 0.4) is 0 Å². The quantitative estimate of drug-likeness (QED) is 0.668. The van der Waals surface area contributed by atoms with Crippen LogP contribution < -0.4 is 5.32 Å². The molecule has 0 radical (unpaired) electrons. The van der Waals surface area contributed by atoms with Gasteiger partial charge >= 0.3 is 0 Å². The van der Waals surface area contributed by atoms with Gasteiger partial charge in [0.15, 0.2) is 0 Å². The Morgan fingerprint density at radius 1 is 1.22 bits per heavy atom. The lowest BCUT2D eigenvalue weighted by atomic mass is 9.99. The van der Waals surface area contributed by atoms with Gasteiger partial charge in [0, 0.05) is 12.1 Å². The van der Waals surface area contributed by atoms with E-state index in [2.05, 4.69) is 5.32 Å². The topological polar surface area (TPSA) is 72.2 Å². The molecule has 0 fully saturated rings. The Kier molecular flexibility index (Phi) is 5.01. The van der Waals surface area contributed by atoms with Crippen LogP contribution in [-0.4, -0.2) is 10.8 Å². The van der Waals surface area contributed by atoms with Crippen molar-refractivity contribution >= 4 is 23.2 Å². The molecule has 0 saturated carbocycles. The molecule has 0 bridgehead atoms. The maximum atomic E-state index is 12.4. The van der Waals surface area contributed by atoms with Crippen LogP contribution in [0.4, 0.5) is 5.69 Å². The molecule has 2 aromatic carbocycles. The second kappa shape index (κ2) is 6.79. The van der Waals surface area contributed by atoms with Crippen molar-refractivity contribution in [2.45, 2.75) is 26.8 Å². The van der Waals surface area contributed by atoms with Crippen molar-refractivity contribution in [3.63, 3.8) is 0 Å². The standard InChI is InChI=1S/C17H17ClN2O3/c1-10-4-5-11(2)14(8-10)12(3)19-17(21)15-9-13(20(22)23)6-7-16(15)18/h4-9,12H,1-3H3,(H,19,21). The van der Waals surface area contributed by atoms with E-state index in [4.69, 9.17) is 11.6 Å². The molecule has 0 saturated heterocycles. The molecule has 0 aliphatic heterocycles. The lowest BCUT2D eigenvalue weighted by molar-refractivity contribution is -0.384. The van der Waals surface area contributed by atoms with Gasteiger partial charge in [-0.05, 0) is 38.0 Å². The highest BCUT2D eigenvalue weighted by Gasteiger charge is 2.18. The second-order valence-corrected chi connectivity index (χ2v) is 5.88. The predicted molar refractivity (Wildman–Crippen MR) is 89.9 cm³/mol. The van der Waals surface area contributed by atoms with Gasteiger partial charge in [-0.3, -0.25) is 14.9 Å². The molecule has 0 spiro atoms. The van der Waals surface area contributed by atoms with Gasteiger partial charge in [0.1, 0.15) is 0 Å². The van der Waals surface area contributed by atoms with Crippen LogP contribution in [0.5, 0.6) is 0 Å². The monoisotopic (exact) mass is 332 g/mol. The van der Waals surface area contributed by atoms with Crippen LogP contribution in [0.25, 0.3) is 0 Å². The van der Waals surface area contributed by atoms with Gasteiger partial charge in [0.05, 0.1) is 21.6 Å². The summed E-state index contributed by atoms with van der Waals surface area (Å²) in [5, 5.41) is 13.9. The van der Waals surface area contributed by atoms with Crippen LogP contribution >= 0.6 is 11.6 Å². The summed E-state index contributed by atoms with van der Waals surface area (Å²) < 4.78 is 0. The van der Waals surface area contributed by atoms with Crippen molar-refractivity contribution in [3.8, 4) is 0 Å². The number of amides is 1. The van der Waals surface area contributed by atoms with Gasteiger partial charge in [-0.1, -0.05) is 35.4 Å². The average molecular weight is 333 g/mol. The summed E-state index contributed by atoms with van der Waals surface area (Å²) in [4.78, 5) is 22.7. The van der Waals surface area contributed by atoms with E-state index < -0.39 is 10.8 Å². The molecule has 120 valence electrons. The first-order valence-corrected chi connectivity index (χ1v) is 7.49. The van der Waals surface area contributed by atoms with Crippen molar-refractivity contribution < 1.29 is 9.72 Å². The number of halogens is 1. The van der Waals surface area contributed by atoms with E-state index in [0.717, 1.165) is 16.7 Å². The van der Waals surface area contributed by atoms with Crippen LogP contribution in [0.2, 0.25) is 5.02 Å². The molecule has 0 aliphatic rings. The minimum absolute atomic E-state index is 0.0954. The molecule has 23 heavy (non-hydrogen) atoms. The van der Waals surface area contributed by atoms with Gasteiger partial charge in [-0.15, -0.1) is 0 Å². The molecule has 6 heteroatoms. The highest BCUT2D eigenvalue weighted by molar-refractivity contribution is 6.33. The highest BCUT2D eigenvalue weighted by Crippen LogP contribution is 2.24. The number of hydrogen-bond donors (Lipinski definition) is 1. The third-order valence-electron chi connectivity index (χ3n) is 3.65. The fourth-order valence-corrected chi connectivity index (χ4v) is 2.58. The first kappa shape index (κ1) is 17.0. The molecule has 5 nitrogen and oxygen atoms in total. The fourth-order valence-electron chi connectivity index (χ4n) is 2.38. The average Bonchev–Trinajstić information content (AvgIpc) is 2.49. The molecule has 0 heterocycles. The zero-order valence-electron chi connectivity index (χ0n) is 13.1. The zero-order chi connectivity index (χ0) is 17.1. The van der Waals surface area contributed by atoms with Crippen molar-refractivity contribution in [3.05, 3.63) is 73.8 Å². The minimum atomic E-state index is -0.554. The van der Waals surface area contributed by atoms with Crippen LogP contribution in [0.15, 0.2) is 36.4 Å². The van der Waals surface area contributed by atoms with Gasteiger partial charge in [-0.25, -0.2) is 0 Å². The number of benzene rings is 2. The van der Waals surface area contributed by atoms with Crippen LogP contribution in [-0.2, 0) is 0 Å². The van der Waals surface area contributed by atoms with Crippen molar-refractivity contribution in [2.24, 2.45) is 0 Å². The predicted octanol–water partition coefficient (Wildman–Crippen LogP) is 4.36. The van der Waals surface area contributed by atoms with Crippen LogP contribution in [0, 0.1) is 24.0 Å². The molecular formula is C17H17ClN2O3. The summed E-state index contributed by atoms with van der Waals surface area (Å²) in [6.45, 7) is 5.82. The van der Waals surface area contributed by atoms with E-state index in [0.29, 0.717) is 0 Å². The molecule has 1 amide bonds. The Hall–Kier alpha value is -2.40. The molecule has 2 rings (SSSR count). The number of nitrogens with one attached hydrogen (secondary N) is 1. The molecule has 0 aromatic heterocycles. The minimum Gasteiger partial charge on any atom is -0.345 e. The lowest BCUT2D eigenvalue weighted by Gasteiger charge is -2.17. The maximum absolute atomic E-state index is 12.4. The smallest absolute Gasteiger partial charge is 0.270 e. The Bertz CT molecular complexity index is 774. The van der Waals surface area contributed by atoms with Crippen LogP contribution in [0.1, 0.15) is 40.0 Å². The number of nitro benzene ring substituents is 1. The lowest BCUT2D eigenvalue weighted by Crippen LogP contribution is -2.27. The second-order valence-electron chi connectivity index (χ2n) is 5.48. The van der Waals surface area contributed by atoms with E-state index in [1.165, 1.54) is 18.2 Å². The summed E-state index contributed by atoms with van der Waals surface area (Å²) in [6, 6.07) is 9.59. The third kappa shape index (κ3) is 3.87. The summed E-state index contributed by atoms with van der Waals surface area (Å²) in [7, 11) is 0. The first-order valence-electron chi connectivity index (χ1n) is 7.11. The number of nitro groups is 1. The number of non-ortho nitro benzene ring substituents is 1. The SMILES string of the molecule is Cc1ccc(C)c(C(C)NC(=O)c2cc([N+](=O)[O-])ccc2Cl)c1. The van der Waals surface area contributed by atoms with Gasteiger partial charge in [-0.2, -0.15) is 0 Å². The van der Waals surface area contributed by atoms with E-state index in [9.17, 15) is 14.9 Å². The number of nitrogens with zero attached hydrogens (tertiary/aromatic N) is 1. The summed E-state index contributed by atoms with van der Waals surface area (Å²) in [5.41, 5.74) is 3.09. The van der Waals surface area contributed by atoms with Gasteiger partial charge in [0.2, 0.25) is 0 Å². The summed E-state index contributed by atoms with van der Waals surface area (Å²) in [6.07, 6.45) is 0. The molecule has 0 aliphatic carbocycles. The number of hydrogen-bond acceptors (Lipinski definition) is 3. The molecule has 2 aromatic rings. The Morgan fingerprint density at radius 2 is 1.91 bits per heavy atom. The number of aryl methyl sites for hydroxylation is 2. The van der Waals surface area contributed by atoms with Crippen molar-refractivity contribution in [1.82, 2.24) is 5.32 Å². The highest BCUT2D eigenvalue weighted by atomic mass is 35.5. The van der Waals surface area contributed by atoms with Gasteiger partial charge < -0.3 is 5.32 Å². The van der Waals surface area contributed by atoms with Crippen molar-refractivity contribution in [1.29, 1.82) is 0 Å². The normalized spacial score (nSPS) is 11.8. The fraction of sp³-hybridized carbons (Fsp3) is 0.235. The number of carbonyl (C=O) groups is 1. The van der Waals surface area contributed by atoms with Gasteiger partial charge in [0.25, 0.3) is 11.6 Å². The summed E-state index contributed by atoms with van der Waals surface area (Å²) >= 11 is 6.00.